The molecule has 2 aromatic carbocycles. The molecule has 0 aromatic heterocycles. The van der Waals surface area contributed by atoms with Crippen molar-refractivity contribution >= 4 is 23.3 Å². The van der Waals surface area contributed by atoms with Gasteiger partial charge in [0.1, 0.15) is 5.82 Å². The zero-order valence-electron chi connectivity index (χ0n) is 12.9. The number of ketones is 1. The standard InChI is InChI=1S/C18H17ClFNO3/c19-15-4-2-13(3-5-15)17(23)7-8-18(24)21-10-12-1-6-16(20)14(9-12)11-22/h1-6,9,22H,7-8,10-11H2,(H,21,24). The summed E-state index contributed by atoms with van der Waals surface area (Å²) < 4.78 is 13.3. The lowest BCUT2D eigenvalue weighted by atomic mass is 10.1. The molecule has 1 amide bonds. The molecule has 0 saturated heterocycles. The van der Waals surface area contributed by atoms with Crippen molar-refractivity contribution in [1.82, 2.24) is 5.32 Å². The lowest BCUT2D eigenvalue weighted by molar-refractivity contribution is -0.121. The fraction of sp³-hybridized carbons (Fsp3) is 0.222. The molecule has 0 aliphatic rings. The van der Waals surface area contributed by atoms with Crippen LogP contribution in [-0.2, 0) is 17.9 Å². The molecule has 0 fully saturated rings. The second-order valence-corrected chi connectivity index (χ2v) is 5.73. The Bertz CT molecular complexity index is 732. The Morgan fingerprint density at radius 2 is 1.79 bits per heavy atom. The molecule has 0 atom stereocenters. The fourth-order valence-corrected chi connectivity index (χ4v) is 2.28. The summed E-state index contributed by atoms with van der Waals surface area (Å²) in [5.41, 5.74) is 1.37. The first-order valence-electron chi connectivity index (χ1n) is 7.43. The fourth-order valence-electron chi connectivity index (χ4n) is 2.16. The van der Waals surface area contributed by atoms with Crippen LogP contribution in [0.4, 0.5) is 4.39 Å². The predicted octanol–water partition coefficient (Wildman–Crippen LogP) is 3.25. The molecular formula is C18H17ClFNO3. The van der Waals surface area contributed by atoms with Crippen LogP contribution in [0.1, 0.15) is 34.3 Å². The average molecular weight is 350 g/mol. The minimum absolute atomic E-state index is 0.0650. The van der Waals surface area contributed by atoms with Crippen LogP contribution in [0.3, 0.4) is 0 Å². The first kappa shape index (κ1) is 18.1. The summed E-state index contributed by atoms with van der Waals surface area (Å²) in [6.45, 7) is -0.190. The number of halogens is 2. The van der Waals surface area contributed by atoms with E-state index in [1.165, 1.54) is 18.2 Å². The van der Waals surface area contributed by atoms with Crippen molar-refractivity contribution in [2.75, 3.05) is 0 Å². The number of aliphatic hydroxyl groups excluding tert-OH is 1. The summed E-state index contributed by atoms with van der Waals surface area (Å²) in [4.78, 5) is 23.8. The van der Waals surface area contributed by atoms with Crippen molar-refractivity contribution in [1.29, 1.82) is 0 Å². The summed E-state index contributed by atoms with van der Waals surface area (Å²) in [6, 6.07) is 10.8. The maximum atomic E-state index is 13.3. The third-order valence-electron chi connectivity index (χ3n) is 3.52. The van der Waals surface area contributed by atoms with Gasteiger partial charge in [-0.25, -0.2) is 4.39 Å². The van der Waals surface area contributed by atoms with Crippen molar-refractivity contribution in [2.45, 2.75) is 26.0 Å². The van der Waals surface area contributed by atoms with Gasteiger partial charge in [0.25, 0.3) is 0 Å². The van der Waals surface area contributed by atoms with E-state index in [4.69, 9.17) is 16.7 Å². The lowest BCUT2D eigenvalue weighted by Gasteiger charge is -2.07. The number of nitrogens with one attached hydrogen (secondary N) is 1. The smallest absolute Gasteiger partial charge is 0.220 e. The van der Waals surface area contributed by atoms with Crippen LogP contribution in [0, 0.1) is 5.82 Å². The van der Waals surface area contributed by atoms with Crippen LogP contribution in [0.2, 0.25) is 5.02 Å². The van der Waals surface area contributed by atoms with Gasteiger partial charge >= 0.3 is 0 Å². The molecule has 0 spiro atoms. The number of carbonyl (C=O) groups is 2. The van der Waals surface area contributed by atoms with Crippen LogP contribution in [0.5, 0.6) is 0 Å². The number of hydrogen-bond donors (Lipinski definition) is 2. The lowest BCUT2D eigenvalue weighted by Crippen LogP contribution is -2.23. The van der Waals surface area contributed by atoms with Crippen LogP contribution < -0.4 is 5.32 Å². The van der Waals surface area contributed by atoms with Crippen LogP contribution in [0.15, 0.2) is 42.5 Å². The Morgan fingerprint density at radius 3 is 2.46 bits per heavy atom. The minimum Gasteiger partial charge on any atom is -0.392 e. The zero-order chi connectivity index (χ0) is 17.5. The monoisotopic (exact) mass is 349 g/mol. The quantitative estimate of drug-likeness (QED) is 0.754. The van der Waals surface area contributed by atoms with E-state index in [0.29, 0.717) is 16.1 Å². The summed E-state index contributed by atoms with van der Waals surface area (Å²) in [6.07, 6.45) is 0.161. The first-order chi connectivity index (χ1) is 11.5. The van der Waals surface area contributed by atoms with Gasteiger partial charge in [0.05, 0.1) is 6.61 Å². The van der Waals surface area contributed by atoms with Crippen LogP contribution in [0.25, 0.3) is 0 Å². The number of Topliss-reactive ketones (excluding diaryl/α,β-unsaturated/α-hetero) is 1. The van der Waals surface area contributed by atoms with E-state index >= 15 is 0 Å². The Labute approximate surface area is 144 Å². The minimum atomic E-state index is -0.485. The van der Waals surface area contributed by atoms with E-state index in [9.17, 15) is 14.0 Å². The van der Waals surface area contributed by atoms with Gasteiger partial charge in [-0.15, -0.1) is 0 Å². The number of benzene rings is 2. The third-order valence-corrected chi connectivity index (χ3v) is 3.77. The van der Waals surface area contributed by atoms with Crippen molar-refractivity contribution in [2.24, 2.45) is 0 Å². The maximum Gasteiger partial charge on any atom is 0.220 e. The van der Waals surface area contributed by atoms with Gasteiger partial charge in [0, 0.05) is 35.5 Å². The summed E-state index contributed by atoms with van der Waals surface area (Å²) >= 11 is 5.76. The number of aliphatic hydroxyl groups is 1. The molecule has 24 heavy (non-hydrogen) atoms. The zero-order valence-corrected chi connectivity index (χ0v) is 13.6. The Hall–Kier alpha value is -2.24. The highest BCUT2D eigenvalue weighted by molar-refractivity contribution is 6.30. The maximum absolute atomic E-state index is 13.3. The van der Waals surface area contributed by atoms with E-state index in [1.54, 1.807) is 24.3 Å². The van der Waals surface area contributed by atoms with Gasteiger partial charge in [-0.3, -0.25) is 9.59 Å². The molecule has 0 heterocycles. The number of amides is 1. The highest BCUT2D eigenvalue weighted by Crippen LogP contribution is 2.12. The molecule has 0 unspecified atom stereocenters. The Morgan fingerprint density at radius 1 is 1.08 bits per heavy atom. The third kappa shape index (κ3) is 5.15. The van der Waals surface area contributed by atoms with Gasteiger partial charge in [-0.05, 0) is 42.0 Å². The number of rotatable bonds is 7. The van der Waals surface area contributed by atoms with E-state index in [1.807, 2.05) is 0 Å². The van der Waals surface area contributed by atoms with Gasteiger partial charge in [0.15, 0.2) is 5.78 Å². The van der Waals surface area contributed by atoms with Crippen molar-refractivity contribution in [3.8, 4) is 0 Å². The highest BCUT2D eigenvalue weighted by Gasteiger charge is 2.10. The van der Waals surface area contributed by atoms with E-state index < -0.39 is 12.4 Å². The molecule has 0 radical (unpaired) electrons. The summed E-state index contributed by atoms with van der Waals surface area (Å²) in [5, 5.41) is 12.2. The number of carbonyl (C=O) groups excluding carboxylic acids is 2. The van der Waals surface area contributed by atoms with Gasteiger partial charge in [0.2, 0.25) is 5.91 Å². The molecule has 2 aromatic rings. The molecule has 2 rings (SSSR count). The molecular weight excluding hydrogens is 333 g/mol. The molecule has 0 bridgehead atoms. The normalized spacial score (nSPS) is 10.5. The Kier molecular flexibility index (Phi) is 6.46. The molecule has 0 aliphatic heterocycles. The van der Waals surface area contributed by atoms with Crippen LogP contribution in [-0.4, -0.2) is 16.8 Å². The Balaban J connectivity index is 1.81. The topological polar surface area (TPSA) is 66.4 Å². The molecule has 0 aliphatic carbocycles. The molecule has 126 valence electrons. The second kappa shape index (κ2) is 8.57. The largest absolute Gasteiger partial charge is 0.392 e. The van der Waals surface area contributed by atoms with Gasteiger partial charge in [-0.2, -0.15) is 0 Å². The highest BCUT2D eigenvalue weighted by atomic mass is 35.5. The molecule has 0 saturated carbocycles. The predicted molar refractivity (Wildman–Crippen MR) is 89.2 cm³/mol. The average Bonchev–Trinajstić information content (AvgIpc) is 2.59. The van der Waals surface area contributed by atoms with E-state index in [2.05, 4.69) is 5.32 Å². The van der Waals surface area contributed by atoms with Gasteiger partial charge in [-0.1, -0.05) is 17.7 Å². The van der Waals surface area contributed by atoms with Crippen molar-refractivity contribution < 1.29 is 19.1 Å². The molecule has 6 heteroatoms. The second-order valence-electron chi connectivity index (χ2n) is 5.29. The van der Waals surface area contributed by atoms with E-state index in [-0.39, 0.29) is 36.6 Å². The van der Waals surface area contributed by atoms with Crippen molar-refractivity contribution in [3.05, 3.63) is 70.0 Å². The molecule has 4 nitrogen and oxygen atoms in total. The first-order valence-corrected chi connectivity index (χ1v) is 7.81. The summed E-state index contributed by atoms with van der Waals surface area (Å²) in [5.74, 6) is -0.889. The summed E-state index contributed by atoms with van der Waals surface area (Å²) in [7, 11) is 0. The van der Waals surface area contributed by atoms with Crippen LogP contribution >= 0.6 is 11.6 Å². The SMILES string of the molecule is O=C(CCC(=O)c1ccc(Cl)cc1)NCc1ccc(F)c(CO)c1. The van der Waals surface area contributed by atoms with Gasteiger partial charge < -0.3 is 10.4 Å². The van der Waals surface area contributed by atoms with Crippen molar-refractivity contribution in [3.63, 3.8) is 0 Å². The molecule has 2 N–H and O–H groups in total. The number of hydrogen-bond acceptors (Lipinski definition) is 3. The van der Waals surface area contributed by atoms with E-state index in [0.717, 1.165) is 0 Å².